The second kappa shape index (κ2) is 7.88. The van der Waals surface area contributed by atoms with Gasteiger partial charge in [0.15, 0.2) is 0 Å². The van der Waals surface area contributed by atoms with Gasteiger partial charge in [0, 0.05) is 24.7 Å². The first kappa shape index (κ1) is 16.5. The topological polar surface area (TPSA) is 116 Å². The van der Waals surface area contributed by atoms with Crippen molar-refractivity contribution in [2.24, 2.45) is 0 Å². The first-order valence-corrected chi connectivity index (χ1v) is 6.47. The fourth-order valence-corrected chi connectivity index (χ4v) is 1.74. The molecule has 1 unspecified atom stereocenters. The summed E-state index contributed by atoms with van der Waals surface area (Å²) in [6, 6.07) is 5.47. The fraction of sp³-hybridized carbons (Fsp3) is 0.357. The first-order valence-electron chi connectivity index (χ1n) is 6.47. The molecule has 0 aliphatic heterocycles. The lowest BCUT2D eigenvalue weighted by molar-refractivity contribution is -0.140. The number of benzene rings is 1. The Morgan fingerprint density at radius 2 is 1.76 bits per heavy atom. The highest BCUT2D eigenvalue weighted by atomic mass is 16.4. The van der Waals surface area contributed by atoms with E-state index in [1.54, 1.807) is 31.3 Å². The molecule has 7 nitrogen and oxygen atoms in total. The Morgan fingerprint density at radius 1 is 1.14 bits per heavy atom. The zero-order chi connectivity index (χ0) is 15.8. The molecule has 21 heavy (non-hydrogen) atoms. The third-order valence-electron chi connectivity index (χ3n) is 2.92. The average Bonchev–Trinajstić information content (AvgIpc) is 2.45. The molecule has 1 aromatic rings. The molecule has 0 aliphatic rings. The highest BCUT2D eigenvalue weighted by Crippen LogP contribution is 2.09. The zero-order valence-corrected chi connectivity index (χ0v) is 11.6. The van der Waals surface area contributed by atoms with Gasteiger partial charge in [-0.15, -0.1) is 0 Å². The second-order valence-electron chi connectivity index (χ2n) is 4.48. The van der Waals surface area contributed by atoms with Crippen LogP contribution in [0.4, 0.5) is 5.69 Å². The van der Waals surface area contributed by atoms with Crippen LogP contribution in [0.25, 0.3) is 0 Å². The molecular weight excluding hydrogens is 276 g/mol. The lowest BCUT2D eigenvalue weighted by Gasteiger charge is -2.14. The quantitative estimate of drug-likeness (QED) is 0.572. The maximum Gasteiger partial charge on any atom is 0.326 e. The number of amides is 1. The van der Waals surface area contributed by atoms with Crippen LogP contribution in [0, 0.1) is 0 Å². The van der Waals surface area contributed by atoms with Crippen molar-refractivity contribution in [3.63, 3.8) is 0 Å². The predicted molar refractivity (Wildman–Crippen MR) is 76.4 cm³/mol. The Balaban J connectivity index is 2.62. The van der Waals surface area contributed by atoms with Crippen molar-refractivity contribution in [3.8, 4) is 0 Å². The number of carbonyl (C=O) groups excluding carboxylic acids is 1. The van der Waals surface area contributed by atoms with Gasteiger partial charge in [0.25, 0.3) is 5.91 Å². The number of aliphatic carboxylic acids is 2. The molecule has 1 amide bonds. The standard InChI is InChI=1S/C14H18N2O5/c1-15-10-7-5-9(6-8-10)13(19)16-11(14(20)21)3-2-4-12(17)18/h5-8,11,15H,2-4H2,1H3,(H,16,19)(H,17,18)(H,20,21). The minimum atomic E-state index is -1.18. The smallest absolute Gasteiger partial charge is 0.326 e. The predicted octanol–water partition coefficient (Wildman–Crippen LogP) is 1.17. The van der Waals surface area contributed by atoms with Crippen molar-refractivity contribution >= 4 is 23.5 Å². The van der Waals surface area contributed by atoms with Crippen molar-refractivity contribution in [3.05, 3.63) is 29.8 Å². The second-order valence-corrected chi connectivity index (χ2v) is 4.48. The van der Waals surface area contributed by atoms with Gasteiger partial charge >= 0.3 is 11.9 Å². The van der Waals surface area contributed by atoms with Gasteiger partial charge in [-0.2, -0.15) is 0 Å². The van der Waals surface area contributed by atoms with Crippen LogP contribution in [0.5, 0.6) is 0 Å². The lowest BCUT2D eigenvalue weighted by atomic mass is 10.1. The number of nitrogens with one attached hydrogen (secondary N) is 2. The number of carboxylic acid groups (broad SMARTS) is 2. The number of carboxylic acids is 2. The number of carbonyl (C=O) groups is 3. The van der Waals surface area contributed by atoms with Crippen molar-refractivity contribution in [1.82, 2.24) is 5.32 Å². The summed E-state index contributed by atoms with van der Waals surface area (Å²) in [5.41, 5.74) is 1.18. The molecule has 0 saturated heterocycles. The molecule has 0 spiro atoms. The van der Waals surface area contributed by atoms with E-state index < -0.39 is 23.9 Å². The van der Waals surface area contributed by atoms with Gasteiger partial charge < -0.3 is 20.8 Å². The summed E-state index contributed by atoms with van der Waals surface area (Å²) >= 11 is 0. The molecular formula is C14H18N2O5. The SMILES string of the molecule is CNc1ccc(C(=O)NC(CCCC(=O)O)C(=O)O)cc1. The summed E-state index contributed by atoms with van der Waals surface area (Å²) in [4.78, 5) is 33.4. The summed E-state index contributed by atoms with van der Waals surface area (Å²) < 4.78 is 0. The fourth-order valence-electron chi connectivity index (χ4n) is 1.74. The molecule has 1 aromatic carbocycles. The number of anilines is 1. The molecule has 0 radical (unpaired) electrons. The molecule has 7 heteroatoms. The van der Waals surface area contributed by atoms with Crippen molar-refractivity contribution in [1.29, 1.82) is 0 Å². The van der Waals surface area contributed by atoms with E-state index >= 15 is 0 Å². The van der Waals surface area contributed by atoms with E-state index in [-0.39, 0.29) is 19.3 Å². The van der Waals surface area contributed by atoms with Crippen LogP contribution in [0.3, 0.4) is 0 Å². The third-order valence-corrected chi connectivity index (χ3v) is 2.92. The van der Waals surface area contributed by atoms with E-state index in [1.165, 1.54) is 0 Å². The van der Waals surface area contributed by atoms with Gasteiger partial charge in [-0.25, -0.2) is 4.79 Å². The normalized spacial score (nSPS) is 11.5. The van der Waals surface area contributed by atoms with Gasteiger partial charge in [-0.05, 0) is 37.1 Å². The van der Waals surface area contributed by atoms with Crippen LogP contribution in [-0.2, 0) is 9.59 Å². The van der Waals surface area contributed by atoms with Gasteiger partial charge in [0.1, 0.15) is 6.04 Å². The highest BCUT2D eigenvalue weighted by Gasteiger charge is 2.20. The zero-order valence-electron chi connectivity index (χ0n) is 11.6. The summed E-state index contributed by atoms with van der Waals surface area (Å²) in [6.07, 6.45) is 0.129. The van der Waals surface area contributed by atoms with Crippen LogP contribution in [-0.4, -0.2) is 41.1 Å². The van der Waals surface area contributed by atoms with E-state index in [0.717, 1.165) is 5.69 Å². The van der Waals surface area contributed by atoms with Crippen molar-refractivity contribution in [2.45, 2.75) is 25.3 Å². The minimum absolute atomic E-state index is 0.0714. The molecule has 0 aromatic heterocycles. The monoisotopic (exact) mass is 294 g/mol. The summed E-state index contributed by atoms with van der Waals surface area (Å²) in [6.45, 7) is 0. The van der Waals surface area contributed by atoms with Crippen LogP contribution < -0.4 is 10.6 Å². The van der Waals surface area contributed by atoms with Gasteiger partial charge in [0.05, 0.1) is 0 Å². The van der Waals surface area contributed by atoms with E-state index in [0.29, 0.717) is 5.56 Å². The Kier molecular flexibility index (Phi) is 6.19. The minimum Gasteiger partial charge on any atom is -0.481 e. The molecule has 114 valence electrons. The molecule has 1 atom stereocenters. The Hall–Kier alpha value is -2.57. The Bertz CT molecular complexity index is 513. The number of hydrogen-bond acceptors (Lipinski definition) is 4. The molecule has 0 bridgehead atoms. The van der Waals surface area contributed by atoms with Crippen LogP contribution in [0.1, 0.15) is 29.6 Å². The number of rotatable bonds is 8. The summed E-state index contributed by atoms with van der Waals surface area (Å²) in [7, 11) is 1.75. The Labute approximate surface area is 122 Å². The molecule has 4 N–H and O–H groups in total. The van der Waals surface area contributed by atoms with Crippen LogP contribution in [0.15, 0.2) is 24.3 Å². The summed E-state index contributed by atoms with van der Waals surface area (Å²) in [5.74, 6) is -2.67. The molecule has 0 aliphatic carbocycles. The number of hydrogen-bond donors (Lipinski definition) is 4. The largest absolute Gasteiger partial charge is 0.481 e. The van der Waals surface area contributed by atoms with Crippen molar-refractivity contribution < 1.29 is 24.6 Å². The summed E-state index contributed by atoms with van der Waals surface area (Å²) in [5, 5.41) is 22.9. The van der Waals surface area contributed by atoms with E-state index in [4.69, 9.17) is 10.2 Å². The van der Waals surface area contributed by atoms with E-state index in [2.05, 4.69) is 10.6 Å². The third kappa shape index (κ3) is 5.52. The van der Waals surface area contributed by atoms with Gasteiger partial charge in [-0.1, -0.05) is 0 Å². The van der Waals surface area contributed by atoms with Gasteiger partial charge in [-0.3, -0.25) is 9.59 Å². The first-order chi connectivity index (χ1) is 9.93. The molecule has 0 saturated carbocycles. The van der Waals surface area contributed by atoms with Crippen LogP contribution in [0.2, 0.25) is 0 Å². The highest BCUT2D eigenvalue weighted by molar-refractivity contribution is 5.96. The van der Waals surface area contributed by atoms with E-state index in [1.807, 2.05) is 0 Å². The van der Waals surface area contributed by atoms with Crippen LogP contribution >= 0.6 is 0 Å². The Morgan fingerprint density at radius 3 is 2.24 bits per heavy atom. The molecule has 0 fully saturated rings. The average molecular weight is 294 g/mol. The maximum absolute atomic E-state index is 11.9. The maximum atomic E-state index is 11.9. The van der Waals surface area contributed by atoms with E-state index in [9.17, 15) is 14.4 Å². The van der Waals surface area contributed by atoms with Gasteiger partial charge in [0.2, 0.25) is 0 Å². The lowest BCUT2D eigenvalue weighted by Crippen LogP contribution is -2.40. The molecule has 0 heterocycles. The molecule has 1 rings (SSSR count). The van der Waals surface area contributed by atoms with Crippen molar-refractivity contribution in [2.75, 3.05) is 12.4 Å².